The molecule has 3 nitrogen and oxygen atoms in total. The molecule has 3 rings (SSSR count). The van der Waals surface area contributed by atoms with Gasteiger partial charge in [0.1, 0.15) is 5.82 Å². The third-order valence-electron chi connectivity index (χ3n) is 3.78. The summed E-state index contributed by atoms with van der Waals surface area (Å²) in [5, 5.41) is 7.49. The van der Waals surface area contributed by atoms with Crippen LogP contribution in [0.25, 0.3) is 0 Å². The van der Waals surface area contributed by atoms with Gasteiger partial charge < -0.3 is 10.2 Å². The predicted octanol–water partition coefficient (Wildman–Crippen LogP) is 3.00. The van der Waals surface area contributed by atoms with Crippen molar-refractivity contribution < 1.29 is 4.39 Å². The number of anilines is 1. The second-order valence-corrected chi connectivity index (χ2v) is 5.81. The van der Waals surface area contributed by atoms with E-state index in [1.807, 2.05) is 7.05 Å². The molecule has 0 fully saturated rings. The van der Waals surface area contributed by atoms with Crippen LogP contribution in [-0.4, -0.2) is 25.1 Å². The fraction of sp³-hybridized carbons (Fsp3) is 0.400. The van der Waals surface area contributed by atoms with E-state index in [0.29, 0.717) is 6.04 Å². The first-order valence-corrected chi connectivity index (χ1v) is 7.81. The molecular formula is C15H18FN3S. The van der Waals surface area contributed by atoms with Crippen LogP contribution in [0.4, 0.5) is 10.1 Å². The molecule has 0 unspecified atom stereocenters. The number of hydrogen-bond acceptors (Lipinski definition) is 4. The van der Waals surface area contributed by atoms with Crippen molar-refractivity contribution in [3.8, 4) is 0 Å². The Kier molecular flexibility index (Phi) is 3.98. The molecule has 0 bridgehead atoms. The highest BCUT2D eigenvalue weighted by atomic mass is 32.1. The molecule has 20 heavy (non-hydrogen) atoms. The van der Waals surface area contributed by atoms with Crippen LogP contribution >= 0.6 is 11.3 Å². The summed E-state index contributed by atoms with van der Waals surface area (Å²) in [4.78, 5) is 6.52. The normalized spacial score (nSPS) is 15.4. The van der Waals surface area contributed by atoms with Gasteiger partial charge in [0.2, 0.25) is 0 Å². The Balaban J connectivity index is 1.91. The first kappa shape index (κ1) is 13.5. The van der Waals surface area contributed by atoms with Gasteiger partial charge in [-0.2, -0.15) is 11.3 Å². The molecule has 5 heteroatoms. The molecule has 0 amide bonds. The average Bonchev–Trinajstić information content (AvgIpc) is 3.09. The summed E-state index contributed by atoms with van der Waals surface area (Å²) in [5.74, 6) is -0.256. The summed E-state index contributed by atoms with van der Waals surface area (Å²) in [6.45, 7) is 1.85. The second kappa shape index (κ2) is 5.89. The highest BCUT2D eigenvalue weighted by molar-refractivity contribution is 7.08. The van der Waals surface area contributed by atoms with E-state index in [0.717, 1.165) is 37.3 Å². The minimum absolute atomic E-state index is 0.256. The van der Waals surface area contributed by atoms with Gasteiger partial charge in [0.25, 0.3) is 0 Å². The monoisotopic (exact) mass is 291 g/mol. The molecule has 1 aliphatic heterocycles. The summed E-state index contributed by atoms with van der Waals surface area (Å²) in [7, 11) is 1.96. The van der Waals surface area contributed by atoms with Gasteiger partial charge >= 0.3 is 0 Å². The van der Waals surface area contributed by atoms with Gasteiger partial charge in [0.05, 0.1) is 23.6 Å². The lowest BCUT2D eigenvalue weighted by atomic mass is 10.1. The third kappa shape index (κ3) is 2.55. The molecule has 0 spiro atoms. The van der Waals surface area contributed by atoms with Crippen molar-refractivity contribution in [1.82, 2.24) is 10.3 Å². The smallest absolute Gasteiger partial charge is 0.143 e. The zero-order chi connectivity index (χ0) is 13.9. The van der Waals surface area contributed by atoms with Crippen LogP contribution in [0.15, 0.2) is 29.1 Å². The molecule has 2 aromatic rings. The zero-order valence-electron chi connectivity index (χ0n) is 11.5. The number of fused-ring (bicyclic) bond motifs is 1. The van der Waals surface area contributed by atoms with Crippen molar-refractivity contribution in [3.63, 3.8) is 0 Å². The molecule has 0 aromatic carbocycles. The number of rotatable bonds is 5. The predicted molar refractivity (Wildman–Crippen MR) is 80.8 cm³/mol. The van der Waals surface area contributed by atoms with Gasteiger partial charge in [-0.25, -0.2) is 4.39 Å². The first-order valence-electron chi connectivity index (χ1n) is 6.87. The number of hydrogen-bond donors (Lipinski definition) is 1. The number of pyridine rings is 1. The van der Waals surface area contributed by atoms with Crippen molar-refractivity contribution in [2.45, 2.75) is 18.9 Å². The maximum Gasteiger partial charge on any atom is 0.143 e. The molecule has 1 N–H and O–H groups in total. The molecule has 0 saturated carbocycles. The van der Waals surface area contributed by atoms with E-state index in [-0.39, 0.29) is 5.82 Å². The maximum atomic E-state index is 13.5. The number of nitrogens with zero attached hydrogens (tertiary/aromatic N) is 2. The number of halogens is 1. The van der Waals surface area contributed by atoms with Gasteiger partial charge in [-0.15, -0.1) is 0 Å². The van der Waals surface area contributed by atoms with Crippen molar-refractivity contribution in [3.05, 3.63) is 46.2 Å². The van der Waals surface area contributed by atoms with E-state index in [4.69, 9.17) is 0 Å². The number of thiophene rings is 1. The Morgan fingerprint density at radius 3 is 3.20 bits per heavy atom. The van der Waals surface area contributed by atoms with Crippen LogP contribution in [0, 0.1) is 5.82 Å². The molecule has 1 aliphatic rings. The van der Waals surface area contributed by atoms with E-state index >= 15 is 0 Å². The lowest BCUT2D eigenvalue weighted by Crippen LogP contribution is -2.29. The Labute approximate surface area is 122 Å². The number of nitrogens with one attached hydrogen (secondary N) is 1. The van der Waals surface area contributed by atoms with E-state index in [9.17, 15) is 4.39 Å². The van der Waals surface area contributed by atoms with E-state index < -0.39 is 0 Å². The van der Waals surface area contributed by atoms with Crippen molar-refractivity contribution in [1.29, 1.82) is 0 Å². The molecule has 0 aliphatic carbocycles. The van der Waals surface area contributed by atoms with Gasteiger partial charge in [-0.05, 0) is 42.4 Å². The maximum absolute atomic E-state index is 13.5. The topological polar surface area (TPSA) is 28.2 Å². The fourth-order valence-electron chi connectivity index (χ4n) is 2.82. The van der Waals surface area contributed by atoms with Crippen LogP contribution in [0.3, 0.4) is 0 Å². The average molecular weight is 291 g/mol. The van der Waals surface area contributed by atoms with Gasteiger partial charge in [-0.3, -0.25) is 4.98 Å². The van der Waals surface area contributed by atoms with Crippen molar-refractivity contribution in [2.75, 3.05) is 25.0 Å². The lowest BCUT2D eigenvalue weighted by Gasteiger charge is -2.30. The summed E-state index contributed by atoms with van der Waals surface area (Å²) in [6.07, 6.45) is 3.22. The zero-order valence-corrected chi connectivity index (χ0v) is 12.3. The quantitative estimate of drug-likeness (QED) is 0.918. The van der Waals surface area contributed by atoms with E-state index in [2.05, 4.69) is 32.0 Å². The van der Waals surface area contributed by atoms with Gasteiger partial charge in [0.15, 0.2) is 0 Å². The van der Waals surface area contributed by atoms with Gasteiger partial charge in [0, 0.05) is 19.0 Å². The summed E-state index contributed by atoms with van der Waals surface area (Å²) in [6, 6.07) is 4.07. The number of aromatic nitrogens is 1. The second-order valence-electron chi connectivity index (χ2n) is 5.03. The molecule has 1 atom stereocenters. The molecular weight excluding hydrogens is 273 g/mol. The van der Waals surface area contributed by atoms with Crippen LogP contribution < -0.4 is 10.2 Å². The molecule has 0 saturated heterocycles. The molecule has 106 valence electrons. The molecule has 2 aromatic heterocycles. The highest BCUT2D eigenvalue weighted by Gasteiger charge is 2.28. The van der Waals surface area contributed by atoms with Crippen LogP contribution in [0.1, 0.15) is 23.7 Å². The highest BCUT2D eigenvalue weighted by Crippen LogP contribution is 2.36. The fourth-order valence-corrected chi connectivity index (χ4v) is 3.52. The Morgan fingerprint density at radius 1 is 1.55 bits per heavy atom. The first-order chi connectivity index (χ1) is 9.79. The summed E-state index contributed by atoms with van der Waals surface area (Å²) < 4.78 is 13.5. The molecule has 3 heterocycles. The third-order valence-corrected chi connectivity index (χ3v) is 4.49. The van der Waals surface area contributed by atoms with Crippen molar-refractivity contribution in [2.24, 2.45) is 0 Å². The van der Waals surface area contributed by atoms with Crippen LogP contribution in [0.5, 0.6) is 0 Å². The molecule has 0 radical (unpaired) electrons. The Morgan fingerprint density at radius 2 is 2.45 bits per heavy atom. The summed E-state index contributed by atoms with van der Waals surface area (Å²) >= 11 is 1.71. The SMILES string of the molecule is CNCC[C@@H](c1ccsc1)N1CCc2ncc(F)cc21. The van der Waals surface area contributed by atoms with Crippen LogP contribution in [0.2, 0.25) is 0 Å². The van der Waals surface area contributed by atoms with E-state index in [1.54, 1.807) is 17.4 Å². The van der Waals surface area contributed by atoms with Gasteiger partial charge in [-0.1, -0.05) is 0 Å². The van der Waals surface area contributed by atoms with E-state index in [1.165, 1.54) is 11.8 Å². The Bertz CT molecular complexity index is 571. The Hall–Kier alpha value is -1.46. The standard InChI is InChI=1S/C15H18FN3S/c1-17-5-2-14(11-4-7-20-10-11)19-6-3-13-15(19)8-12(16)9-18-13/h4,7-10,14,17H,2-3,5-6H2,1H3/t14-/m0/s1. The van der Waals surface area contributed by atoms with Crippen molar-refractivity contribution >= 4 is 17.0 Å². The minimum Gasteiger partial charge on any atom is -0.362 e. The largest absolute Gasteiger partial charge is 0.362 e. The minimum atomic E-state index is -0.256. The van der Waals surface area contributed by atoms with Crippen LogP contribution in [-0.2, 0) is 6.42 Å². The lowest BCUT2D eigenvalue weighted by molar-refractivity contribution is 0.568. The summed E-state index contributed by atoms with van der Waals surface area (Å²) in [5.41, 5.74) is 3.27.